The topological polar surface area (TPSA) is 68.5 Å². The lowest BCUT2D eigenvalue weighted by Gasteiger charge is -2.14. The summed E-state index contributed by atoms with van der Waals surface area (Å²) in [4.78, 5) is 12.3. The average molecular weight is 218 g/mol. The average Bonchev–Trinajstić information content (AvgIpc) is 2.73. The summed E-state index contributed by atoms with van der Waals surface area (Å²) in [6.07, 6.45) is 5.60. The number of hydrogen-bond acceptors (Lipinski definition) is 5. The molecule has 0 amide bonds. The van der Waals surface area contributed by atoms with Crippen LogP contribution >= 0.6 is 0 Å². The molecule has 2 aromatic heterocycles. The van der Waals surface area contributed by atoms with Gasteiger partial charge in [0, 0.05) is 19.7 Å². The molecule has 84 valence electrons. The van der Waals surface area contributed by atoms with E-state index in [1.165, 1.54) is 0 Å². The lowest BCUT2D eigenvalue weighted by molar-refractivity contribution is 0.540. The number of rotatable bonds is 4. The molecule has 0 aliphatic rings. The molecule has 1 N–H and O–H groups in total. The van der Waals surface area contributed by atoms with E-state index in [-0.39, 0.29) is 6.04 Å². The minimum absolute atomic E-state index is 0.130. The van der Waals surface area contributed by atoms with E-state index in [1.807, 2.05) is 20.2 Å². The fourth-order valence-electron chi connectivity index (χ4n) is 1.55. The van der Waals surface area contributed by atoms with Gasteiger partial charge >= 0.3 is 0 Å². The Bertz CT molecular complexity index is 438. The van der Waals surface area contributed by atoms with E-state index in [1.54, 1.807) is 23.5 Å². The Labute approximate surface area is 93.8 Å². The molecule has 0 fully saturated rings. The second-order valence-electron chi connectivity index (χ2n) is 3.48. The molecule has 0 spiro atoms. The molecule has 0 bridgehead atoms. The molecule has 1 atom stereocenters. The van der Waals surface area contributed by atoms with Crippen molar-refractivity contribution in [2.45, 2.75) is 12.5 Å². The van der Waals surface area contributed by atoms with Crippen LogP contribution in [-0.2, 0) is 13.5 Å². The minimum Gasteiger partial charge on any atom is -0.311 e. The van der Waals surface area contributed by atoms with Gasteiger partial charge in [0.2, 0.25) is 0 Å². The van der Waals surface area contributed by atoms with E-state index >= 15 is 0 Å². The van der Waals surface area contributed by atoms with Crippen molar-refractivity contribution in [3.63, 3.8) is 0 Å². The van der Waals surface area contributed by atoms with Crippen molar-refractivity contribution >= 4 is 0 Å². The summed E-state index contributed by atoms with van der Waals surface area (Å²) in [5, 5.41) is 7.26. The summed E-state index contributed by atoms with van der Waals surface area (Å²) in [7, 11) is 3.79. The van der Waals surface area contributed by atoms with Gasteiger partial charge in [-0.05, 0) is 13.1 Å². The number of aromatic nitrogens is 5. The maximum Gasteiger partial charge on any atom is 0.138 e. The van der Waals surface area contributed by atoms with E-state index in [9.17, 15) is 0 Å². The van der Waals surface area contributed by atoms with E-state index in [2.05, 4.69) is 25.4 Å². The van der Waals surface area contributed by atoms with Gasteiger partial charge in [0.15, 0.2) is 0 Å². The molecule has 2 heterocycles. The predicted molar refractivity (Wildman–Crippen MR) is 58.5 cm³/mol. The van der Waals surface area contributed by atoms with Crippen LogP contribution < -0.4 is 5.32 Å². The maximum atomic E-state index is 4.23. The van der Waals surface area contributed by atoms with Crippen LogP contribution in [-0.4, -0.2) is 31.8 Å². The Morgan fingerprint density at radius 1 is 1.38 bits per heavy atom. The van der Waals surface area contributed by atoms with Gasteiger partial charge in [-0.15, -0.1) is 0 Å². The molecule has 0 saturated heterocycles. The highest BCUT2D eigenvalue weighted by atomic mass is 15.3. The molecule has 1 unspecified atom stereocenters. The van der Waals surface area contributed by atoms with Gasteiger partial charge in [-0.2, -0.15) is 5.10 Å². The van der Waals surface area contributed by atoms with Crippen molar-refractivity contribution in [2.24, 2.45) is 7.05 Å². The largest absolute Gasteiger partial charge is 0.311 e. The number of likely N-dealkylation sites (N-methyl/N-ethyl adjacent to an activating group) is 1. The molecule has 0 aromatic carbocycles. The van der Waals surface area contributed by atoms with Crippen LogP contribution in [0, 0.1) is 0 Å². The van der Waals surface area contributed by atoms with Crippen molar-refractivity contribution in [3.05, 3.63) is 36.4 Å². The summed E-state index contributed by atoms with van der Waals surface area (Å²) in [6.45, 7) is 0. The fourth-order valence-corrected chi connectivity index (χ4v) is 1.55. The van der Waals surface area contributed by atoms with E-state index < -0.39 is 0 Å². The van der Waals surface area contributed by atoms with Gasteiger partial charge in [0.05, 0.1) is 11.7 Å². The first-order valence-electron chi connectivity index (χ1n) is 5.07. The molecule has 16 heavy (non-hydrogen) atoms. The second-order valence-corrected chi connectivity index (χ2v) is 3.48. The summed E-state index contributed by atoms with van der Waals surface area (Å²) >= 11 is 0. The Balaban J connectivity index is 2.16. The van der Waals surface area contributed by atoms with Gasteiger partial charge in [0.25, 0.3) is 0 Å². The Kier molecular flexibility index (Phi) is 3.21. The second kappa shape index (κ2) is 4.80. The zero-order valence-electron chi connectivity index (χ0n) is 9.33. The minimum atomic E-state index is 0.130. The molecule has 0 radical (unpaired) electrons. The van der Waals surface area contributed by atoms with E-state index in [0.717, 1.165) is 17.9 Å². The predicted octanol–water partition coefficient (Wildman–Crippen LogP) is 0.108. The summed E-state index contributed by atoms with van der Waals surface area (Å²) in [5.41, 5.74) is 0.959. The molecule has 2 aromatic rings. The Morgan fingerprint density at radius 2 is 2.25 bits per heavy atom. The highest BCUT2D eigenvalue weighted by Crippen LogP contribution is 2.13. The van der Waals surface area contributed by atoms with Gasteiger partial charge in [0.1, 0.15) is 18.5 Å². The fraction of sp³-hybridized carbons (Fsp3) is 0.400. The smallest absolute Gasteiger partial charge is 0.138 e. The molecule has 6 heteroatoms. The zero-order valence-corrected chi connectivity index (χ0v) is 9.33. The van der Waals surface area contributed by atoms with E-state index in [0.29, 0.717) is 0 Å². The van der Waals surface area contributed by atoms with Crippen LogP contribution in [0.2, 0.25) is 0 Å². The Hall–Kier alpha value is -1.82. The van der Waals surface area contributed by atoms with Gasteiger partial charge < -0.3 is 5.32 Å². The van der Waals surface area contributed by atoms with Crippen molar-refractivity contribution < 1.29 is 0 Å². The van der Waals surface area contributed by atoms with Gasteiger partial charge in [-0.25, -0.2) is 15.0 Å². The first kappa shape index (κ1) is 10.7. The number of aryl methyl sites for hydroxylation is 1. The third kappa shape index (κ3) is 2.22. The van der Waals surface area contributed by atoms with Crippen LogP contribution in [0.25, 0.3) is 0 Å². The quantitative estimate of drug-likeness (QED) is 0.788. The number of nitrogens with one attached hydrogen (secondary N) is 1. The van der Waals surface area contributed by atoms with Crippen molar-refractivity contribution in [3.8, 4) is 0 Å². The molecule has 6 nitrogen and oxygen atoms in total. The lowest BCUT2D eigenvalue weighted by atomic mass is 10.1. The van der Waals surface area contributed by atoms with E-state index in [4.69, 9.17) is 0 Å². The van der Waals surface area contributed by atoms with Crippen LogP contribution in [0.15, 0.2) is 24.9 Å². The molecule has 0 saturated carbocycles. The van der Waals surface area contributed by atoms with Crippen molar-refractivity contribution in [2.75, 3.05) is 7.05 Å². The first-order chi connectivity index (χ1) is 7.81. The zero-order chi connectivity index (χ0) is 11.4. The van der Waals surface area contributed by atoms with Crippen molar-refractivity contribution in [1.29, 1.82) is 0 Å². The third-order valence-electron chi connectivity index (χ3n) is 2.50. The standard InChI is InChI=1S/C10H14N6/c1-11-9(8-3-4-12-6-13-8)5-10-14-7-15-16(10)2/h3-4,6-7,9,11H,5H2,1-2H3. The maximum absolute atomic E-state index is 4.23. The summed E-state index contributed by atoms with van der Waals surface area (Å²) in [6, 6.07) is 2.03. The first-order valence-corrected chi connectivity index (χ1v) is 5.07. The molecule has 0 aliphatic carbocycles. The molecular weight excluding hydrogens is 204 g/mol. The lowest BCUT2D eigenvalue weighted by Crippen LogP contribution is -2.21. The molecular formula is C10H14N6. The highest BCUT2D eigenvalue weighted by molar-refractivity contribution is 5.07. The summed E-state index contributed by atoms with van der Waals surface area (Å²) in [5.74, 6) is 0.929. The molecule has 0 aliphatic heterocycles. The van der Waals surface area contributed by atoms with Gasteiger partial charge in [-0.3, -0.25) is 4.68 Å². The van der Waals surface area contributed by atoms with Crippen molar-refractivity contribution in [1.82, 2.24) is 30.0 Å². The third-order valence-corrected chi connectivity index (χ3v) is 2.50. The van der Waals surface area contributed by atoms with Crippen LogP contribution in [0.5, 0.6) is 0 Å². The highest BCUT2D eigenvalue weighted by Gasteiger charge is 2.13. The Morgan fingerprint density at radius 3 is 2.81 bits per heavy atom. The summed E-state index contributed by atoms with van der Waals surface area (Å²) < 4.78 is 1.77. The normalized spacial score (nSPS) is 12.6. The SMILES string of the molecule is CNC(Cc1ncnn1C)c1ccncn1. The van der Waals surface area contributed by atoms with Crippen LogP contribution in [0.1, 0.15) is 17.6 Å². The van der Waals surface area contributed by atoms with Crippen LogP contribution in [0.3, 0.4) is 0 Å². The van der Waals surface area contributed by atoms with Crippen LogP contribution in [0.4, 0.5) is 0 Å². The molecule has 2 rings (SSSR count). The number of nitrogens with zero attached hydrogens (tertiary/aromatic N) is 5. The monoisotopic (exact) mass is 218 g/mol. The number of hydrogen-bond donors (Lipinski definition) is 1. The van der Waals surface area contributed by atoms with Gasteiger partial charge in [-0.1, -0.05) is 0 Å².